The van der Waals surface area contributed by atoms with Crippen molar-refractivity contribution in [1.82, 2.24) is 4.90 Å². The molecule has 0 aliphatic carbocycles. The van der Waals surface area contributed by atoms with Crippen molar-refractivity contribution in [1.29, 1.82) is 0 Å². The molecule has 0 aromatic heterocycles. The zero-order chi connectivity index (χ0) is 72.0. The molecule has 1 aromatic carbocycles. The summed E-state index contributed by atoms with van der Waals surface area (Å²) in [6.45, 7) is -0.318. The number of ether oxygens (including phenoxy) is 16. The lowest BCUT2D eigenvalue weighted by Crippen LogP contribution is -2.68. The van der Waals surface area contributed by atoms with Gasteiger partial charge in [0.05, 0.1) is 58.4 Å². The highest BCUT2D eigenvalue weighted by Crippen LogP contribution is 2.37. The lowest BCUT2D eigenvalue weighted by Gasteiger charge is -2.50. The molecule has 8 fully saturated rings. The average molecular weight is 1440 g/mol. The number of nitrogens with zero attached hydrogens (tertiary/aromatic N) is 1. The van der Waals surface area contributed by atoms with Gasteiger partial charge in [-0.3, -0.25) is 0 Å². The van der Waals surface area contributed by atoms with Crippen LogP contribution in [0.1, 0.15) is 24.2 Å². The lowest BCUT2D eigenvalue weighted by molar-refractivity contribution is -0.393. The van der Waals surface area contributed by atoms with E-state index >= 15 is 0 Å². The summed E-state index contributed by atoms with van der Waals surface area (Å²) in [5.41, 5.74) is 0.434. The van der Waals surface area contributed by atoms with Gasteiger partial charge in [0, 0.05) is 12.2 Å². The van der Waals surface area contributed by atoms with Gasteiger partial charge in [-0.05, 0) is 37.4 Å². The van der Waals surface area contributed by atoms with E-state index in [4.69, 9.17) is 75.8 Å². The first-order valence-corrected chi connectivity index (χ1v) is 32.3. The second-order valence-corrected chi connectivity index (χ2v) is 25.1. The molecule has 0 radical (unpaired) electrons. The zero-order valence-corrected chi connectivity index (χ0v) is 53.4. The van der Waals surface area contributed by atoms with Gasteiger partial charge in [0.25, 0.3) is 0 Å². The van der Waals surface area contributed by atoms with Gasteiger partial charge in [-0.15, -0.1) is 0 Å². The maximum Gasteiger partial charge on any atom is 0.338 e. The number of likely N-dealkylation sites (N-methyl/N-ethyl adjacent to an activating group) is 1. The molecule has 41 heteroatoms. The molecule has 0 unspecified atom stereocenters. The van der Waals surface area contributed by atoms with Crippen LogP contribution in [-0.4, -0.2) is 430 Å². The largest absolute Gasteiger partial charge is 0.461 e. The van der Waals surface area contributed by atoms with Gasteiger partial charge in [-0.2, -0.15) is 0 Å². The fourth-order valence-electron chi connectivity index (χ4n) is 12.2. The Bertz CT molecular complexity index is 2600. The van der Waals surface area contributed by atoms with Crippen molar-refractivity contribution in [3.05, 3.63) is 29.8 Å². The quantitative estimate of drug-likeness (QED) is 0.0364. The Morgan fingerprint density at radius 2 is 0.778 bits per heavy atom. The minimum absolute atomic E-state index is 0.130. The Balaban J connectivity index is 0.955. The van der Waals surface area contributed by atoms with Gasteiger partial charge < -0.3 is 198 Å². The van der Waals surface area contributed by atoms with E-state index in [9.17, 15) is 117 Å². The first kappa shape index (κ1) is 80.1. The molecule has 0 spiro atoms. The Labute approximate surface area is 563 Å². The maximum atomic E-state index is 12.8. The van der Waals surface area contributed by atoms with E-state index in [0.29, 0.717) is 6.54 Å². The van der Waals surface area contributed by atoms with Gasteiger partial charge in [0.2, 0.25) is 0 Å². The second kappa shape index (κ2) is 35.8. The number of carbonyl (C=O) groups is 1. The van der Waals surface area contributed by atoms with Crippen molar-refractivity contribution in [3.63, 3.8) is 0 Å². The predicted octanol–water partition coefficient (Wildman–Crippen LogP) is -13.9. The molecule has 8 heterocycles. The van der Waals surface area contributed by atoms with Crippen molar-refractivity contribution in [2.45, 2.75) is 241 Å². The molecular formula is C58H94N2O39. The first-order valence-electron chi connectivity index (χ1n) is 32.3. The standard InChI is InChI=1S/C58H94N2O39/c1-3-60(4-2)9-10-84-51(83)19-5-7-20(8-6-19)59-50-39(76)36(73)46(25(12-62)91-50)96-56-44(81)37(74)48(28(95-56)18-90-58-49(31(68)23(65)15-87-58)99-54-42(79)34(71)32(69)24(11-61)92-54)98-57-45(82)38(75)47(27(94-57)17-89-53-41(78)30(67)22(64)14-86-53)97-55-43(80)35(72)33(70)26(93-55)16-88-52-40(77)29(66)21(63)13-85-52/h5-8,21-50,52-59,61-82H,3-4,9-18H2,1-2H3/t21-,22-,23-,24-,25-,26-,27-,28-,29+,30+,31+,32+,33-,34+,35+,36-,37-,38-,39-,40-,41-,42-,43-,44-,45-,46-,47-,48-,49-,50-,52-,53-,54+,55+,56+,57+,58-/m1/s1. The van der Waals surface area contributed by atoms with Crippen LogP contribution in [0.2, 0.25) is 0 Å². The first-order chi connectivity index (χ1) is 47.1. The van der Waals surface area contributed by atoms with E-state index < -0.39 is 286 Å². The smallest absolute Gasteiger partial charge is 0.338 e. The van der Waals surface area contributed by atoms with E-state index in [1.165, 1.54) is 24.3 Å². The molecule has 9 rings (SSSR count). The summed E-state index contributed by atoms with van der Waals surface area (Å²) < 4.78 is 92.2. The van der Waals surface area contributed by atoms with Crippen LogP contribution in [-0.2, 0) is 75.8 Å². The molecule has 23 N–H and O–H groups in total. The molecule has 1 aromatic rings. The van der Waals surface area contributed by atoms with Crippen LogP contribution in [0.4, 0.5) is 5.69 Å². The fraction of sp³-hybridized carbons (Fsp3) is 0.879. The number of hydrogen-bond donors (Lipinski definition) is 23. The number of rotatable bonds is 27. The van der Waals surface area contributed by atoms with Gasteiger partial charge in [0.1, 0.15) is 184 Å². The molecule has 0 amide bonds. The molecule has 8 saturated heterocycles. The molecule has 99 heavy (non-hydrogen) atoms. The van der Waals surface area contributed by atoms with E-state index in [0.717, 1.165) is 13.1 Å². The highest BCUT2D eigenvalue weighted by atomic mass is 16.8. The lowest BCUT2D eigenvalue weighted by atomic mass is 9.95. The highest BCUT2D eigenvalue weighted by Gasteiger charge is 2.58. The number of nitrogens with one attached hydrogen (secondary N) is 1. The van der Waals surface area contributed by atoms with Crippen molar-refractivity contribution in [2.24, 2.45) is 0 Å². The number of hydrogen-bond acceptors (Lipinski definition) is 41. The third-order valence-corrected chi connectivity index (χ3v) is 18.4. The highest BCUT2D eigenvalue weighted by molar-refractivity contribution is 5.89. The van der Waals surface area contributed by atoms with E-state index in [1.54, 1.807) is 0 Å². The Hall–Kier alpha value is -3.03. The topological polar surface area (TPSA) is 625 Å². The molecule has 570 valence electrons. The van der Waals surface area contributed by atoms with Gasteiger partial charge in [0.15, 0.2) is 50.3 Å². The molecule has 8 aliphatic heterocycles. The van der Waals surface area contributed by atoms with Crippen LogP contribution in [0.25, 0.3) is 0 Å². The summed E-state index contributed by atoms with van der Waals surface area (Å²) in [4.78, 5) is 14.8. The minimum atomic E-state index is -2.40. The number of benzene rings is 1. The number of esters is 1. The maximum absolute atomic E-state index is 12.8. The molecule has 37 atom stereocenters. The Morgan fingerprint density at radius 1 is 0.404 bits per heavy atom. The fourth-order valence-corrected chi connectivity index (χ4v) is 12.2. The number of carbonyl (C=O) groups excluding carboxylic acids is 1. The van der Waals surface area contributed by atoms with Crippen LogP contribution in [0.5, 0.6) is 0 Å². The normalized spacial score (nSPS) is 47.0. The average Bonchev–Trinajstić information content (AvgIpc) is 0.784. The SMILES string of the molecule is CCN(CC)CCOC(=O)c1ccc(N[C@@H]2O[C@H](CO)[C@@H](O[C@@H]3O[C@H](CO[C@H]4OC[C@@H](O)[C@H](O)[C@H]4O[C@@H]4O[C@H](CO)[C@H](O)[C@H](O)[C@H]4O)[C@@H](O[C@@H]4O[C@H](CO[C@H]5OC[C@@H](O)[C@H](O)[C@H]5O)[C@@H](O[C@@H]5O[C@H](CO[C@H]6OC[C@@H](O)[C@H](O)[C@H]6O)[C@@H](O)[C@H](O)[C@H]5O)[C@H](O)[C@H]4O)[C@H](O)[C@H]3O)[C@H](O)[C@H]2O)cc1. The summed E-state index contributed by atoms with van der Waals surface area (Å²) in [7, 11) is 0. The molecule has 0 bridgehead atoms. The monoisotopic (exact) mass is 1440 g/mol. The van der Waals surface area contributed by atoms with Crippen molar-refractivity contribution in [3.8, 4) is 0 Å². The summed E-state index contributed by atoms with van der Waals surface area (Å²) in [6.07, 6.45) is -72.0. The van der Waals surface area contributed by atoms with Gasteiger partial charge in [-0.1, -0.05) is 13.8 Å². The molecule has 41 nitrogen and oxygen atoms in total. The molecule has 0 saturated carbocycles. The van der Waals surface area contributed by atoms with Gasteiger partial charge in [-0.25, -0.2) is 4.79 Å². The summed E-state index contributed by atoms with van der Waals surface area (Å²) >= 11 is 0. The summed E-state index contributed by atoms with van der Waals surface area (Å²) in [5.74, 6) is -0.612. The minimum Gasteiger partial charge on any atom is -0.461 e. The van der Waals surface area contributed by atoms with Crippen LogP contribution in [0, 0.1) is 0 Å². The number of anilines is 1. The van der Waals surface area contributed by atoms with E-state index in [1.807, 2.05) is 13.8 Å². The number of aliphatic hydroxyl groups excluding tert-OH is 22. The van der Waals surface area contributed by atoms with Crippen LogP contribution < -0.4 is 5.32 Å². The number of aliphatic hydroxyl groups is 22. The van der Waals surface area contributed by atoms with E-state index in [-0.39, 0.29) is 17.9 Å². The Morgan fingerprint density at radius 3 is 1.25 bits per heavy atom. The Kier molecular flexibility index (Phi) is 29.0. The molecule has 8 aliphatic rings. The third-order valence-electron chi connectivity index (χ3n) is 18.4. The van der Waals surface area contributed by atoms with Gasteiger partial charge >= 0.3 is 5.97 Å². The van der Waals surface area contributed by atoms with Crippen molar-refractivity contribution in [2.75, 3.05) is 84.4 Å². The molecular weight excluding hydrogens is 1350 g/mol. The van der Waals surface area contributed by atoms with Crippen molar-refractivity contribution < 1.29 is 193 Å². The van der Waals surface area contributed by atoms with Crippen molar-refractivity contribution >= 4 is 11.7 Å². The summed E-state index contributed by atoms with van der Waals surface area (Å²) in [6, 6.07) is 5.74. The van der Waals surface area contributed by atoms with E-state index in [2.05, 4.69) is 10.2 Å². The van der Waals surface area contributed by atoms with Crippen LogP contribution in [0.3, 0.4) is 0 Å². The van der Waals surface area contributed by atoms with Crippen LogP contribution >= 0.6 is 0 Å². The summed E-state index contributed by atoms with van der Waals surface area (Å²) in [5, 5.41) is 244. The third kappa shape index (κ3) is 18.4. The zero-order valence-electron chi connectivity index (χ0n) is 53.4. The second-order valence-electron chi connectivity index (χ2n) is 25.1. The predicted molar refractivity (Wildman–Crippen MR) is 312 cm³/mol. The van der Waals surface area contributed by atoms with Crippen LogP contribution in [0.15, 0.2) is 24.3 Å².